The van der Waals surface area contributed by atoms with E-state index in [1.165, 1.54) is 0 Å². The maximum Gasteiger partial charge on any atom is 0.410 e. The Balaban J connectivity index is 3.65. The lowest BCUT2D eigenvalue weighted by Gasteiger charge is -2.15. The molecule has 0 bridgehead atoms. The van der Waals surface area contributed by atoms with Crippen molar-refractivity contribution in [3.8, 4) is 0 Å². The molecule has 0 aliphatic heterocycles. The Morgan fingerprint density at radius 1 is 1.60 bits per heavy atom. The average Bonchev–Trinajstić information content (AvgIpc) is 1.91. The fraction of sp³-hybridized carbons (Fsp3) is 0.833. The van der Waals surface area contributed by atoms with E-state index >= 15 is 0 Å². The van der Waals surface area contributed by atoms with Crippen molar-refractivity contribution >= 4 is 28.7 Å². The molecule has 0 unspecified atom stereocenters. The zero-order valence-electron chi connectivity index (χ0n) is 6.26. The molecule has 0 radical (unpaired) electrons. The van der Waals surface area contributed by atoms with E-state index in [4.69, 9.17) is 4.74 Å². The van der Waals surface area contributed by atoms with Gasteiger partial charge in [-0.2, -0.15) is 0 Å². The topological polar surface area (TPSA) is 29.5 Å². The van der Waals surface area contributed by atoms with Crippen LogP contribution in [0.25, 0.3) is 0 Å². The Morgan fingerprint density at radius 3 is 2.50 bits per heavy atom. The van der Waals surface area contributed by atoms with Gasteiger partial charge in [-0.1, -0.05) is 22.6 Å². The summed E-state index contributed by atoms with van der Waals surface area (Å²) in [6, 6.07) is 0. The average molecular weight is 257 g/mol. The summed E-state index contributed by atoms with van der Waals surface area (Å²) in [6.07, 6.45) is -0.223. The molecule has 0 atom stereocenters. The molecule has 0 aromatic heterocycles. The standard InChI is InChI=1S/C6H12INO2/c1-3-8(5-7)6(9)10-4-2/h3-5H2,1-2H3. The van der Waals surface area contributed by atoms with Gasteiger partial charge >= 0.3 is 6.09 Å². The van der Waals surface area contributed by atoms with Gasteiger partial charge in [0, 0.05) is 6.54 Å². The number of hydrogen-bond acceptors (Lipinski definition) is 2. The van der Waals surface area contributed by atoms with Gasteiger partial charge in [-0.3, -0.25) is 4.90 Å². The van der Waals surface area contributed by atoms with Gasteiger partial charge < -0.3 is 4.74 Å². The van der Waals surface area contributed by atoms with E-state index in [1.54, 1.807) is 11.8 Å². The molecular weight excluding hydrogens is 245 g/mol. The van der Waals surface area contributed by atoms with Crippen molar-refractivity contribution in [3.63, 3.8) is 0 Å². The van der Waals surface area contributed by atoms with Crippen molar-refractivity contribution in [3.05, 3.63) is 0 Å². The smallest absolute Gasteiger partial charge is 0.410 e. The highest BCUT2D eigenvalue weighted by Crippen LogP contribution is 1.96. The molecule has 0 aliphatic rings. The van der Waals surface area contributed by atoms with E-state index < -0.39 is 0 Å². The SMILES string of the molecule is CCOC(=O)N(CC)CI. The first-order valence-electron chi connectivity index (χ1n) is 3.23. The number of nitrogens with zero attached hydrogens (tertiary/aromatic N) is 1. The second-order valence-corrected chi connectivity index (χ2v) is 2.36. The van der Waals surface area contributed by atoms with E-state index in [9.17, 15) is 4.79 Å². The third kappa shape index (κ3) is 3.24. The summed E-state index contributed by atoms with van der Waals surface area (Å²) in [5.41, 5.74) is 0. The second kappa shape index (κ2) is 5.76. The van der Waals surface area contributed by atoms with Crippen LogP contribution in [0.3, 0.4) is 0 Å². The molecular formula is C6H12INO2. The number of halogens is 1. The largest absolute Gasteiger partial charge is 0.450 e. The minimum absolute atomic E-state index is 0.223. The monoisotopic (exact) mass is 257 g/mol. The maximum atomic E-state index is 10.9. The molecule has 60 valence electrons. The van der Waals surface area contributed by atoms with Crippen LogP contribution in [0, 0.1) is 0 Å². The highest BCUT2D eigenvalue weighted by atomic mass is 127. The van der Waals surface area contributed by atoms with Crippen LogP contribution in [0.15, 0.2) is 0 Å². The molecule has 0 saturated heterocycles. The zero-order valence-corrected chi connectivity index (χ0v) is 8.42. The minimum atomic E-state index is -0.223. The molecule has 0 spiro atoms. The first-order valence-corrected chi connectivity index (χ1v) is 4.76. The minimum Gasteiger partial charge on any atom is -0.450 e. The van der Waals surface area contributed by atoms with Crippen molar-refractivity contribution in [2.75, 3.05) is 17.7 Å². The van der Waals surface area contributed by atoms with Gasteiger partial charge in [-0.15, -0.1) is 0 Å². The van der Waals surface area contributed by atoms with Crippen molar-refractivity contribution in [2.24, 2.45) is 0 Å². The van der Waals surface area contributed by atoms with E-state index in [1.807, 2.05) is 6.92 Å². The molecule has 10 heavy (non-hydrogen) atoms. The molecule has 0 N–H and O–H groups in total. The van der Waals surface area contributed by atoms with Crippen LogP contribution in [0.5, 0.6) is 0 Å². The van der Waals surface area contributed by atoms with Crippen LogP contribution in [0.4, 0.5) is 4.79 Å². The van der Waals surface area contributed by atoms with Gasteiger partial charge in [0.05, 0.1) is 11.2 Å². The molecule has 0 aromatic rings. The van der Waals surface area contributed by atoms with Crippen molar-refractivity contribution in [1.29, 1.82) is 0 Å². The predicted molar refractivity (Wildman–Crippen MR) is 48.3 cm³/mol. The maximum absolute atomic E-state index is 10.9. The van der Waals surface area contributed by atoms with Gasteiger partial charge in [0.25, 0.3) is 0 Å². The Labute approximate surface area is 74.9 Å². The lowest BCUT2D eigenvalue weighted by atomic mass is 10.7. The van der Waals surface area contributed by atoms with Crippen molar-refractivity contribution in [2.45, 2.75) is 13.8 Å². The normalized spacial score (nSPS) is 9.10. The van der Waals surface area contributed by atoms with E-state index in [-0.39, 0.29) is 6.09 Å². The first-order chi connectivity index (χ1) is 4.76. The van der Waals surface area contributed by atoms with E-state index in [2.05, 4.69) is 22.6 Å². The third-order valence-corrected chi connectivity index (χ3v) is 1.88. The summed E-state index contributed by atoms with van der Waals surface area (Å²) in [6.45, 7) is 4.89. The van der Waals surface area contributed by atoms with Crippen LogP contribution in [-0.2, 0) is 4.74 Å². The number of rotatable bonds is 3. The van der Waals surface area contributed by atoms with Gasteiger partial charge in [0.2, 0.25) is 0 Å². The van der Waals surface area contributed by atoms with Crippen LogP contribution < -0.4 is 0 Å². The summed E-state index contributed by atoms with van der Waals surface area (Å²) in [5.74, 6) is 0. The molecule has 1 amide bonds. The number of alkyl halides is 1. The van der Waals surface area contributed by atoms with Crippen LogP contribution >= 0.6 is 22.6 Å². The molecule has 0 aromatic carbocycles. The zero-order chi connectivity index (χ0) is 7.98. The second-order valence-electron chi connectivity index (χ2n) is 1.67. The molecule has 0 saturated carbocycles. The quantitative estimate of drug-likeness (QED) is 0.438. The third-order valence-electron chi connectivity index (χ3n) is 1.05. The molecule has 0 fully saturated rings. The van der Waals surface area contributed by atoms with E-state index in [0.29, 0.717) is 17.7 Å². The number of hydrogen-bond donors (Lipinski definition) is 0. The lowest BCUT2D eigenvalue weighted by molar-refractivity contribution is 0.117. The molecule has 0 heterocycles. The predicted octanol–water partition coefficient (Wildman–Crippen LogP) is 1.86. The molecule has 0 rings (SSSR count). The van der Waals surface area contributed by atoms with Gasteiger partial charge in [-0.05, 0) is 13.8 Å². The number of carbonyl (C=O) groups excluding carboxylic acids is 1. The summed E-state index contributed by atoms with van der Waals surface area (Å²) in [5, 5.41) is 0. The Hall–Kier alpha value is 0. The summed E-state index contributed by atoms with van der Waals surface area (Å²) < 4.78 is 5.46. The van der Waals surface area contributed by atoms with Crippen molar-refractivity contribution < 1.29 is 9.53 Å². The van der Waals surface area contributed by atoms with Crippen LogP contribution in [0.2, 0.25) is 0 Å². The Bertz CT molecular complexity index is 104. The fourth-order valence-corrected chi connectivity index (χ4v) is 1.24. The van der Waals surface area contributed by atoms with Crippen LogP contribution in [0.1, 0.15) is 13.8 Å². The highest BCUT2D eigenvalue weighted by Gasteiger charge is 2.08. The van der Waals surface area contributed by atoms with E-state index in [0.717, 1.165) is 0 Å². The summed E-state index contributed by atoms with van der Waals surface area (Å²) in [4.78, 5) is 12.5. The Kier molecular flexibility index (Phi) is 5.76. The van der Waals surface area contributed by atoms with Gasteiger partial charge in [-0.25, -0.2) is 4.79 Å². The molecule has 3 nitrogen and oxygen atoms in total. The highest BCUT2D eigenvalue weighted by molar-refractivity contribution is 14.1. The Morgan fingerprint density at radius 2 is 2.20 bits per heavy atom. The fourth-order valence-electron chi connectivity index (χ4n) is 0.477. The lowest BCUT2D eigenvalue weighted by Crippen LogP contribution is -2.29. The van der Waals surface area contributed by atoms with Crippen LogP contribution in [-0.4, -0.2) is 28.7 Å². The number of amides is 1. The summed E-state index contributed by atoms with van der Waals surface area (Å²) in [7, 11) is 0. The summed E-state index contributed by atoms with van der Waals surface area (Å²) >= 11 is 2.13. The first kappa shape index (κ1) is 10.0. The molecule has 4 heteroatoms. The van der Waals surface area contributed by atoms with Crippen molar-refractivity contribution in [1.82, 2.24) is 4.90 Å². The molecule has 0 aliphatic carbocycles. The van der Waals surface area contributed by atoms with Gasteiger partial charge in [0.1, 0.15) is 0 Å². The number of carbonyl (C=O) groups is 1. The van der Waals surface area contributed by atoms with Gasteiger partial charge in [0.15, 0.2) is 0 Å². The number of ether oxygens (including phenoxy) is 1.